The van der Waals surface area contributed by atoms with Crippen LogP contribution in [0.25, 0.3) is 16.6 Å². The molecule has 1 saturated heterocycles. The first-order valence-electron chi connectivity index (χ1n) is 11.3. The molecule has 1 aliphatic rings. The van der Waals surface area contributed by atoms with E-state index in [4.69, 9.17) is 9.47 Å². The number of hydrogen-bond donors (Lipinski definition) is 1. The number of ether oxygens (including phenoxy) is 2. The average molecular weight is 478 g/mol. The predicted molar refractivity (Wildman–Crippen MR) is 135 cm³/mol. The van der Waals surface area contributed by atoms with Gasteiger partial charge in [0.15, 0.2) is 10.8 Å². The van der Waals surface area contributed by atoms with Crippen molar-refractivity contribution in [3.8, 4) is 5.75 Å². The molecule has 1 N–H and O–H groups in total. The van der Waals surface area contributed by atoms with Crippen molar-refractivity contribution in [1.82, 2.24) is 14.6 Å². The van der Waals surface area contributed by atoms with Crippen molar-refractivity contribution in [2.45, 2.75) is 24.3 Å². The number of aromatic nitrogens is 3. The first kappa shape index (κ1) is 22.5. The standard InChI is InChI=1S/C25H27N5O3S/c1-16-14-23-27-28-25(30(23)22-15-20(32-3)8-9-21(16)22)34-17(2)24(31)26-18-4-6-19(7-5-18)29-10-12-33-13-11-29/h4-9,14-15,17H,10-13H2,1-3H3,(H,26,31). The van der Waals surface area contributed by atoms with E-state index in [0.29, 0.717) is 5.16 Å². The van der Waals surface area contributed by atoms with Crippen LogP contribution in [0.3, 0.4) is 0 Å². The zero-order valence-electron chi connectivity index (χ0n) is 19.4. The molecule has 1 amide bonds. The molecule has 4 aromatic rings. The van der Waals surface area contributed by atoms with E-state index in [-0.39, 0.29) is 11.2 Å². The van der Waals surface area contributed by atoms with E-state index in [1.807, 2.05) is 59.9 Å². The number of nitrogens with one attached hydrogen (secondary N) is 1. The number of anilines is 2. The van der Waals surface area contributed by atoms with E-state index in [0.717, 1.165) is 65.5 Å². The Kier molecular flexibility index (Phi) is 6.30. The Labute approximate surface area is 202 Å². The average Bonchev–Trinajstić information content (AvgIpc) is 3.27. The fourth-order valence-electron chi connectivity index (χ4n) is 4.14. The first-order chi connectivity index (χ1) is 16.5. The van der Waals surface area contributed by atoms with Crippen molar-refractivity contribution in [2.75, 3.05) is 43.6 Å². The summed E-state index contributed by atoms with van der Waals surface area (Å²) < 4.78 is 12.8. The van der Waals surface area contributed by atoms with Crippen molar-refractivity contribution in [1.29, 1.82) is 0 Å². The number of fused-ring (bicyclic) bond motifs is 3. The molecule has 2 aromatic carbocycles. The number of rotatable bonds is 6. The van der Waals surface area contributed by atoms with Crippen molar-refractivity contribution in [3.63, 3.8) is 0 Å². The summed E-state index contributed by atoms with van der Waals surface area (Å²) in [5, 5.41) is 13.1. The Bertz CT molecular complexity index is 1330. The smallest absolute Gasteiger partial charge is 0.237 e. The summed E-state index contributed by atoms with van der Waals surface area (Å²) in [6.45, 7) is 7.17. The highest BCUT2D eigenvalue weighted by atomic mass is 32.2. The number of hydrogen-bond acceptors (Lipinski definition) is 7. The van der Waals surface area contributed by atoms with Gasteiger partial charge < -0.3 is 19.7 Å². The highest BCUT2D eigenvalue weighted by Gasteiger charge is 2.20. The zero-order chi connectivity index (χ0) is 23.7. The minimum absolute atomic E-state index is 0.0881. The lowest BCUT2D eigenvalue weighted by Crippen LogP contribution is -2.36. The van der Waals surface area contributed by atoms with Gasteiger partial charge in [0.25, 0.3) is 0 Å². The third kappa shape index (κ3) is 4.41. The molecule has 8 nitrogen and oxygen atoms in total. The lowest BCUT2D eigenvalue weighted by Gasteiger charge is -2.28. The highest BCUT2D eigenvalue weighted by Crippen LogP contribution is 2.30. The summed E-state index contributed by atoms with van der Waals surface area (Å²) >= 11 is 1.38. The molecule has 1 fully saturated rings. The van der Waals surface area contributed by atoms with Crippen molar-refractivity contribution >= 4 is 45.6 Å². The van der Waals surface area contributed by atoms with E-state index < -0.39 is 0 Å². The highest BCUT2D eigenvalue weighted by molar-refractivity contribution is 8.00. The summed E-state index contributed by atoms with van der Waals surface area (Å²) in [7, 11) is 1.65. The molecule has 0 bridgehead atoms. The predicted octanol–water partition coefficient (Wildman–Crippen LogP) is 4.16. The van der Waals surface area contributed by atoms with Gasteiger partial charge in [0.1, 0.15) is 5.75 Å². The quantitative estimate of drug-likeness (QED) is 0.418. The Morgan fingerprint density at radius 3 is 2.62 bits per heavy atom. The molecular weight excluding hydrogens is 450 g/mol. The summed E-state index contributed by atoms with van der Waals surface area (Å²) in [6, 6.07) is 15.9. The van der Waals surface area contributed by atoms with Crippen LogP contribution >= 0.6 is 11.8 Å². The molecule has 1 aliphatic heterocycles. The Morgan fingerprint density at radius 1 is 1.12 bits per heavy atom. The van der Waals surface area contributed by atoms with Gasteiger partial charge in [0.05, 0.1) is 31.1 Å². The van der Waals surface area contributed by atoms with Crippen LogP contribution in [0.4, 0.5) is 11.4 Å². The molecule has 2 aromatic heterocycles. The van der Waals surface area contributed by atoms with Gasteiger partial charge in [-0.25, -0.2) is 0 Å². The minimum Gasteiger partial charge on any atom is -0.497 e. The van der Waals surface area contributed by atoms with Crippen molar-refractivity contribution in [2.24, 2.45) is 0 Å². The second kappa shape index (κ2) is 9.52. The minimum atomic E-state index is -0.367. The van der Waals surface area contributed by atoms with Gasteiger partial charge in [-0.2, -0.15) is 0 Å². The molecule has 176 valence electrons. The largest absolute Gasteiger partial charge is 0.497 e. The Balaban J connectivity index is 1.33. The van der Waals surface area contributed by atoms with Crippen molar-refractivity contribution < 1.29 is 14.3 Å². The third-order valence-corrected chi connectivity index (χ3v) is 7.08. The summed E-state index contributed by atoms with van der Waals surface area (Å²) in [5.41, 5.74) is 4.71. The van der Waals surface area contributed by atoms with Crippen LogP contribution in [0, 0.1) is 6.92 Å². The van der Waals surface area contributed by atoms with E-state index in [9.17, 15) is 4.79 Å². The Hall–Kier alpha value is -3.30. The molecule has 0 aliphatic carbocycles. The molecule has 1 unspecified atom stereocenters. The van der Waals surface area contributed by atoms with Crippen LogP contribution < -0.4 is 15.0 Å². The van der Waals surface area contributed by atoms with Crippen LogP contribution in [0.15, 0.2) is 53.7 Å². The Morgan fingerprint density at radius 2 is 1.88 bits per heavy atom. The van der Waals surface area contributed by atoms with Gasteiger partial charge in [0, 0.05) is 35.9 Å². The second-order valence-corrected chi connectivity index (χ2v) is 9.59. The maximum atomic E-state index is 12.9. The van der Waals surface area contributed by atoms with Crippen LogP contribution in [-0.4, -0.2) is 59.2 Å². The fraction of sp³-hybridized carbons (Fsp3) is 0.320. The van der Waals surface area contributed by atoms with Crippen LogP contribution in [0.5, 0.6) is 5.75 Å². The van der Waals surface area contributed by atoms with Gasteiger partial charge in [-0.15, -0.1) is 10.2 Å². The van der Waals surface area contributed by atoms with E-state index in [2.05, 4.69) is 27.3 Å². The molecule has 5 rings (SSSR count). The number of pyridine rings is 1. The molecule has 9 heteroatoms. The summed E-state index contributed by atoms with van der Waals surface area (Å²) in [4.78, 5) is 15.2. The number of carbonyl (C=O) groups excluding carboxylic acids is 1. The molecule has 0 spiro atoms. The topological polar surface area (TPSA) is 81.0 Å². The van der Waals surface area contributed by atoms with Crippen molar-refractivity contribution in [3.05, 3.63) is 54.1 Å². The number of morpholine rings is 1. The third-order valence-electron chi connectivity index (χ3n) is 6.04. The number of benzene rings is 2. The molecule has 0 saturated carbocycles. The van der Waals surface area contributed by atoms with E-state index in [1.165, 1.54) is 11.8 Å². The molecule has 1 atom stereocenters. The second-order valence-electron chi connectivity index (χ2n) is 8.28. The number of methoxy groups -OCH3 is 1. The van der Waals surface area contributed by atoms with Gasteiger partial charge in [-0.3, -0.25) is 9.20 Å². The SMILES string of the molecule is COc1ccc2c(C)cc3nnc(SC(C)C(=O)Nc4ccc(N5CCOCC5)cc4)n3c2c1. The number of carbonyl (C=O) groups is 1. The molecule has 34 heavy (non-hydrogen) atoms. The van der Waals surface area contributed by atoms with Gasteiger partial charge >= 0.3 is 0 Å². The maximum absolute atomic E-state index is 12.9. The van der Waals surface area contributed by atoms with Crippen LogP contribution in [0.1, 0.15) is 12.5 Å². The monoisotopic (exact) mass is 477 g/mol. The van der Waals surface area contributed by atoms with E-state index in [1.54, 1.807) is 7.11 Å². The molecular formula is C25H27N5O3S. The zero-order valence-corrected chi connectivity index (χ0v) is 20.3. The van der Waals surface area contributed by atoms with E-state index >= 15 is 0 Å². The molecule has 3 heterocycles. The lowest BCUT2D eigenvalue weighted by atomic mass is 10.1. The van der Waals surface area contributed by atoms with Gasteiger partial charge in [0.2, 0.25) is 5.91 Å². The fourth-order valence-corrected chi connectivity index (χ4v) is 5.01. The number of thioether (sulfide) groups is 1. The number of nitrogens with zero attached hydrogens (tertiary/aromatic N) is 4. The van der Waals surface area contributed by atoms with Gasteiger partial charge in [-0.1, -0.05) is 11.8 Å². The number of amides is 1. The van der Waals surface area contributed by atoms with Gasteiger partial charge in [-0.05, 0) is 61.9 Å². The maximum Gasteiger partial charge on any atom is 0.237 e. The van der Waals surface area contributed by atoms with Crippen LogP contribution in [-0.2, 0) is 9.53 Å². The first-order valence-corrected chi connectivity index (χ1v) is 12.1. The molecule has 0 radical (unpaired) electrons. The lowest BCUT2D eigenvalue weighted by molar-refractivity contribution is -0.115. The number of aryl methyl sites for hydroxylation is 1. The normalized spacial score (nSPS) is 15.0. The summed E-state index contributed by atoms with van der Waals surface area (Å²) in [6.07, 6.45) is 0. The summed E-state index contributed by atoms with van der Waals surface area (Å²) in [5.74, 6) is 0.672. The van der Waals surface area contributed by atoms with Crippen LogP contribution in [0.2, 0.25) is 0 Å².